The first-order valence-corrected chi connectivity index (χ1v) is 9.83. The summed E-state index contributed by atoms with van der Waals surface area (Å²) < 4.78 is 19.1. The van der Waals surface area contributed by atoms with Gasteiger partial charge in [-0.3, -0.25) is 19.8 Å². The standard InChI is InChI=1S/C24H17FN2O3S/c1-2-13-30-21-12-7-15-5-3-4-6-18(15)19(21)14-20-22(28)26-24(31)27(23(20)29)17-10-8-16(25)9-11-17/h2-12,14H,1,13H2,(H,26,28,31)/b20-14-. The van der Waals surface area contributed by atoms with Gasteiger partial charge in [0.1, 0.15) is 23.7 Å². The smallest absolute Gasteiger partial charge is 0.270 e. The highest BCUT2D eigenvalue weighted by Crippen LogP contribution is 2.32. The lowest BCUT2D eigenvalue weighted by Crippen LogP contribution is -2.54. The number of hydrogen-bond donors (Lipinski definition) is 1. The highest BCUT2D eigenvalue weighted by molar-refractivity contribution is 7.80. The Balaban J connectivity index is 1.85. The van der Waals surface area contributed by atoms with Crippen molar-refractivity contribution in [2.24, 2.45) is 0 Å². The average Bonchev–Trinajstić information content (AvgIpc) is 2.76. The summed E-state index contributed by atoms with van der Waals surface area (Å²) in [7, 11) is 0. The van der Waals surface area contributed by atoms with Crippen LogP contribution in [0.15, 0.2) is 78.9 Å². The molecule has 0 radical (unpaired) electrons. The zero-order chi connectivity index (χ0) is 22.0. The van der Waals surface area contributed by atoms with E-state index in [0.29, 0.717) is 17.0 Å². The number of nitrogens with one attached hydrogen (secondary N) is 1. The van der Waals surface area contributed by atoms with Gasteiger partial charge in [0.2, 0.25) is 0 Å². The van der Waals surface area contributed by atoms with Gasteiger partial charge in [-0.2, -0.15) is 0 Å². The largest absolute Gasteiger partial charge is 0.489 e. The van der Waals surface area contributed by atoms with Crippen molar-refractivity contribution in [3.05, 3.63) is 90.3 Å². The van der Waals surface area contributed by atoms with Gasteiger partial charge >= 0.3 is 0 Å². The van der Waals surface area contributed by atoms with E-state index in [0.717, 1.165) is 15.7 Å². The van der Waals surface area contributed by atoms with Crippen LogP contribution in [0.3, 0.4) is 0 Å². The molecule has 0 aliphatic carbocycles. The fourth-order valence-corrected chi connectivity index (χ4v) is 3.61. The summed E-state index contributed by atoms with van der Waals surface area (Å²) >= 11 is 5.19. The van der Waals surface area contributed by atoms with E-state index in [4.69, 9.17) is 17.0 Å². The van der Waals surface area contributed by atoms with Gasteiger partial charge in [0.05, 0.1) is 5.69 Å². The first-order chi connectivity index (χ1) is 15.0. The fourth-order valence-electron chi connectivity index (χ4n) is 3.33. The molecule has 7 heteroatoms. The van der Waals surface area contributed by atoms with E-state index in [1.807, 2.05) is 30.3 Å². The number of anilines is 1. The molecule has 1 aliphatic rings. The highest BCUT2D eigenvalue weighted by Gasteiger charge is 2.34. The predicted molar refractivity (Wildman–Crippen MR) is 122 cm³/mol. The number of fused-ring (bicyclic) bond motifs is 1. The second-order valence-electron chi connectivity index (χ2n) is 6.73. The number of ether oxygens (including phenoxy) is 1. The maximum Gasteiger partial charge on any atom is 0.270 e. The van der Waals surface area contributed by atoms with Crippen LogP contribution in [0.5, 0.6) is 5.75 Å². The Bertz CT molecular complexity index is 1250. The normalized spacial score (nSPS) is 15.3. The van der Waals surface area contributed by atoms with E-state index in [-0.39, 0.29) is 17.3 Å². The summed E-state index contributed by atoms with van der Waals surface area (Å²) in [5, 5.41) is 4.21. The number of carbonyl (C=O) groups is 2. The molecule has 0 atom stereocenters. The first kappa shape index (κ1) is 20.4. The van der Waals surface area contributed by atoms with E-state index in [1.54, 1.807) is 12.1 Å². The van der Waals surface area contributed by atoms with Crippen LogP contribution in [0.2, 0.25) is 0 Å². The van der Waals surface area contributed by atoms with Crippen molar-refractivity contribution in [2.75, 3.05) is 11.5 Å². The summed E-state index contributed by atoms with van der Waals surface area (Å²) in [4.78, 5) is 27.1. The average molecular weight is 432 g/mol. The Hall–Kier alpha value is -3.84. The van der Waals surface area contributed by atoms with Crippen molar-refractivity contribution in [2.45, 2.75) is 0 Å². The highest BCUT2D eigenvalue weighted by atomic mass is 32.1. The van der Waals surface area contributed by atoms with E-state index in [2.05, 4.69) is 11.9 Å². The van der Waals surface area contributed by atoms with Crippen molar-refractivity contribution >= 4 is 51.7 Å². The Morgan fingerprint density at radius 1 is 1.06 bits per heavy atom. The Morgan fingerprint density at radius 3 is 2.55 bits per heavy atom. The molecule has 0 bridgehead atoms. The molecule has 0 aromatic heterocycles. The molecule has 1 fully saturated rings. The van der Waals surface area contributed by atoms with Crippen molar-refractivity contribution in [3.8, 4) is 5.75 Å². The molecule has 2 amide bonds. The van der Waals surface area contributed by atoms with Crippen LogP contribution in [0.4, 0.5) is 10.1 Å². The molecule has 1 saturated heterocycles. The third-order valence-electron chi connectivity index (χ3n) is 4.76. The Morgan fingerprint density at radius 2 is 1.81 bits per heavy atom. The van der Waals surface area contributed by atoms with Gasteiger partial charge in [0.15, 0.2) is 5.11 Å². The van der Waals surface area contributed by atoms with Gasteiger partial charge in [0.25, 0.3) is 11.8 Å². The zero-order valence-corrected chi connectivity index (χ0v) is 17.1. The van der Waals surface area contributed by atoms with Crippen molar-refractivity contribution < 1.29 is 18.7 Å². The molecule has 1 N–H and O–H groups in total. The molecular formula is C24H17FN2O3S. The van der Waals surface area contributed by atoms with E-state index in [1.165, 1.54) is 30.3 Å². The number of thiocarbonyl (C=S) groups is 1. The van der Waals surface area contributed by atoms with Gasteiger partial charge in [-0.05, 0) is 59.4 Å². The lowest BCUT2D eigenvalue weighted by atomic mass is 9.99. The summed E-state index contributed by atoms with van der Waals surface area (Å²) in [6.45, 7) is 3.92. The van der Waals surface area contributed by atoms with E-state index in [9.17, 15) is 14.0 Å². The van der Waals surface area contributed by atoms with Crippen molar-refractivity contribution in [1.82, 2.24) is 5.32 Å². The van der Waals surface area contributed by atoms with E-state index >= 15 is 0 Å². The maximum atomic E-state index is 13.3. The third-order valence-corrected chi connectivity index (χ3v) is 5.05. The number of hydrogen-bond acceptors (Lipinski definition) is 4. The third kappa shape index (κ3) is 3.95. The number of carbonyl (C=O) groups excluding carboxylic acids is 2. The second kappa shape index (κ2) is 8.49. The SMILES string of the molecule is C=CCOc1ccc2ccccc2c1/C=C1/C(=O)NC(=S)N(c2ccc(F)cc2)C1=O. The summed E-state index contributed by atoms with van der Waals surface area (Å²) in [6.07, 6.45) is 3.11. The molecule has 5 nitrogen and oxygen atoms in total. The summed E-state index contributed by atoms with van der Waals surface area (Å²) in [5.41, 5.74) is 0.825. The Labute approximate surface area is 183 Å². The first-order valence-electron chi connectivity index (χ1n) is 9.42. The van der Waals surface area contributed by atoms with Gasteiger partial charge in [-0.25, -0.2) is 4.39 Å². The summed E-state index contributed by atoms with van der Waals surface area (Å²) in [5.74, 6) is -1.16. The molecule has 1 aliphatic heterocycles. The minimum absolute atomic E-state index is 0.0696. The van der Waals surface area contributed by atoms with Crippen molar-refractivity contribution in [3.63, 3.8) is 0 Å². The Kier molecular flexibility index (Phi) is 5.60. The van der Waals surface area contributed by atoms with Gasteiger partial charge in [-0.15, -0.1) is 0 Å². The lowest BCUT2D eigenvalue weighted by Gasteiger charge is -2.29. The monoisotopic (exact) mass is 432 g/mol. The van der Waals surface area contributed by atoms with Gasteiger partial charge < -0.3 is 4.74 Å². The second-order valence-corrected chi connectivity index (χ2v) is 7.12. The number of benzene rings is 3. The quantitative estimate of drug-likeness (QED) is 0.281. The van der Waals surface area contributed by atoms with Crippen LogP contribution in [-0.4, -0.2) is 23.5 Å². The zero-order valence-electron chi connectivity index (χ0n) is 16.3. The summed E-state index contributed by atoms with van der Waals surface area (Å²) in [6, 6.07) is 16.5. The van der Waals surface area contributed by atoms with Crippen LogP contribution >= 0.6 is 12.2 Å². The van der Waals surface area contributed by atoms with Crippen LogP contribution < -0.4 is 15.0 Å². The molecule has 0 saturated carbocycles. The maximum absolute atomic E-state index is 13.3. The topological polar surface area (TPSA) is 58.6 Å². The molecule has 4 rings (SSSR count). The van der Waals surface area contributed by atoms with Crippen LogP contribution in [0.1, 0.15) is 5.56 Å². The number of amides is 2. The molecule has 31 heavy (non-hydrogen) atoms. The molecule has 3 aromatic rings. The number of halogens is 1. The van der Waals surface area contributed by atoms with Crippen LogP contribution in [-0.2, 0) is 9.59 Å². The van der Waals surface area contributed by atoms with Crippen LogP contribution in [0.25, 0.3) is 16.8 Å². The fraction of sp³-hybridized carbons (Fsp3) is 0.0417. The minimum Gasteiger partial charge on any atom is -0.489 e. The number of nitrogens with zero attached hydrogens (tertiary/aromatic N) is 1. The predicted octanol–water partition coefficient (Wildman–Crippen LogP) is 4.38. The molecule has 1 heterocycles. The molecule has 0 unspecified atom stereocenters. The minimum atomic E-state index is -0.615. The molecule has 0 spiro atoms. The molecular weight excluding hydrogens is 415 g/mol. The van der Waals surface area contributed by atoms with Crippen LogP contribution in [0, 0.1) is 5.82 Å². The van der Waals surface area contributed by atoms with Crippen molar-refractivity contribution in [1.29, 1.82) is 0 Å². The lowest BCUT2D eigenvalue weighted by molar-refractivity contribution is -0.122. The molecule has 154 valence electrons. The van der Waals surface area contributed by atoms with Gasteiger partial charge in [0, 0.05) is 5.56 Å². The van der Waals surface area contributed by atoms with Gasteiger partial charge in [-0.1, -0.05) is 43.0 Å². The van der Waals surface area contributed by atoms with E-state index < -0.39 is 17.6 Å². The molecule has 3 aromatic carbocycles. The number of rotatable bonds is 5.